The summed E-state index contributed by atoms with van der Waals surface area (Å²) in [5, 5.41) is 4.35. The van der Waals surface area contributed by atoms with Crippen molar-refractivity contribution in [1.29, 1.82) is 0 Å². The van der Waals surface area contributed by atoms with Crippen LogP contribution in [0.4, 0.5) is 17.1 Å². The predicted molar refractivity (Wildman–Crippen MR) is 256 cm³/mol. The van der Waals surface area contributed by atoms with E-state index in [1.54, 1.807) is 0 Å². The van der Waals surface area contributed by atoms with Gasteiger partial charge in [-0.3, -0.25) is 0 Å². The molecule has 0 aliphatic carbocycles. The molecule has 13 rings (SSSR count). The molecule has 0 unspecified atom stereocenters. The van der Waals surface area contributed by atoms with E-state index in [2.05, 4.69) is 114 Å². The lowest BCUT2D eigenvalue weighted by Gasteiger charge is -2.33. The van der Waals surface area contributed by atoms with Crippen LogP contribution in [-0.2, 0) is 0 Å². The number of ether oxygens (including phenoxy) is 1. The molecule has 0 atom stereocenters. The van der Waals surface area contributed by atoms with E-state index in [-0.39, 0.29) is 0 Å². The van der Waals surface area contributed by atoms with Gasteiger partial charge in [0.25, 0.3) is 0 Å². The van der Waals surface area contributed by atoms with Gasteiger partial charge in [0.15, 0.2) is 29.0 Å². The number of nitrogens with zero attached hydrogens (tertiary/aromatic N) is 4. The van der Waals surface area contributed by atoms with Gasteiger partial charge < -0.3 is 18.5 Å². The van der Waals surface area contributed by atoms with Crippen LogP contribution in [0.15, 0.2) is 215 Å². The summed E-state index contributed by atoms with van der Waals surface area (Å²) in [6, 6.07) is 70.5. The molecule has 0 saturated heterocycles. The number of para-hydroxylation sites is 2. The van der Waals surface area contributed by atoms with Crippen LogP contribution in [-0.4, -0.2) is 15.0 Å². The van der Waals surface area contributed by atoms with Gasteiger partial charge in [0, 0.05) is 43.9 Å². The van der Waals surface area contributed by atoms with Gasteiger partial charge in [-0.15, -0.1) is 0 Å². The third-order valence-corrected chi connectivity index (χ3v) is 12.1. The number of hydrogen-bond donors (Lipinski definition) is 0. The first-order chi connectivity index (χ1) is 31.7. The molecule has 0 bridgehead atoms. The summed E-state index contributed by atoms with van der Waals surface area (Å²) in [5.41, 5.74) is 13.3. The van der Waals surface area contributed by atoms with Crippen LogP contribution in [0.3, 0.4) is 0 Å². The van der Waals surface area contributed by atoms with Gasteiger partial charge in [0.1, 0.15) is 22.3 Å². The van der Waals surface area contributed by atoms with Gasteiger partial charge >= 0.3 is 0 Å². The molecule has 0 amide bonds. The van der Waals surface area contributed by atoms with Crippen LogP contribution in [0.5, 0.6) is 11.5 Å². The van der Waals surface area contributed by atoms with Gasteiger partial charge in [-0.25, -0.2) is 15.0 Å². The number of benzene rings is 9. The van der Waals surface area contributed by atoms with E-state index < -0.39 is 0 Å². The average molecular weight is 823 g/mol. The summed E-state index contributed by atoms with van der Waals surface area (Å²) in [5.74, 6) is 3.34. The predicted octanol–water partition coefficient (Wildman–Crippen LogP) is 15.6. The fourth-order valence-corrected chi connectivity index (χ4v) is 8.96. The standard InChI is InChI=1S/C57H34N4O3/c1-3-11-35(12-4-1)55-58-56(36-13-5-2-6-14-36)60-57(59-55)37-19-25-42(26-20-37)61-47-27-21-40(38-23-29-51-45(31-38)43-15-7-9-17-49(43)62-51)33-53(47)64-54-34-41(22-28-48(54)61)39-24-30-52-46(32-39)44-16-8-10-18-50(44)63-52/h1-34H. The lowest BCUT2D eigenvalue weighted by molar-refractivity contribution is 0.477. The maximum atomic E-state index is 6.94. The lowest BCUT2D eigenvalue weighted by Crippen LogP contribution is -2.16. The summed E-state index contributed by atoms with van der Waals surface area (Å²) < 4.78 is 19.3. The molecular weight excluding hydrogens is 789 g/mol. The maximum Gasteiger partial charge on any atom is 0.164 e. The van der Waals surface area contributed by atoms with Crippen molar-refractivity contribution in [3.63, 3.8) is 0 Å². The van der Waals surface area contributed by atoms with Crippen molar-refractivity contribution in [2.24, 2.45) is 0 Å². The molecule has 64 heavy (non-hydrogen) atoms. The molecule has 12 aromatic rings. The summed E-state index contributed by atoms with van der Waals surface area (Å²) in [7, 11) is 0. The van der Waals surface area contributed by atoms with E-state index in [4.69, 9.17) is 28.5 Å². The largest absolute Gasteiger partial charge is 0.456 e. The third kappa shape index (κ3) is 6.02. The summed E-state index contributed by atoms with van der Waals surface area (Å²) in [6.45, 7) is 0. The SMILES string of the molecule is c1ccc(-c2nc(-c3ccccc3)nc(-c3ccc(N4c5ccc(-c6ccc7oc8ccccc8c7c6)cc5Oc5cc(-c6ccc7oc8ccccc8c7c6)ccc54)cc3)n2)cc1. The summed E-state index contributed by atoms with van der Waals surface area (Å²) >= 11 is 0. The van der Waals surface area contributed by atoms with Gasteiger partial charge in [-0.05, 0) is 107 Å². The summed E-state index contributed by atoms with van der Waals surface area (Å²) in [4.78, 5) is 17.1. The van der Waals surface area contributed by atoms with Crippen molar-refractivity contribution in [2.75, 3.05) is 4.90 Å². The number of hydrogen-bond acceptors (Lipinski definition) is 7. The highest BCUT2D eigenvalue weighted by Crippen LogP contribution is 2.53. The zero-order valence-electron chi connectivity index (χ0n) is 34.1. The number of anilines is 3. The molecule has 1 aliphatic rings. The minimum atomic E-state index is 0.598. The van der Waals surface area contributed by atoms with Crippen molar-refractivity contribution < 1.29 is 13.6 Å². The molecule has 1 aliphatic heterocycles. The Kier molecular flexibility index (Phi) is 8.08. The van der Waals surface area contributed by atoms with Crippen molar-refractivity contribution in [3.8, 4) is 67.9 Å². The molecule has 7 heteroatoms. The van der Waals surface area contributed by atoms with Gasteiger partial charge in [0.05, 0.1) is 11.4 Å². The van der Waals surface area contributed by atoms with E-state index in [0.717, 1.165) is 111 Å². The maximum absolute atomic E-state index is 6.94. The quantitative estimate of drug-likeness (QED) is 0.165. The van der Waals surface area contributed by atoms with Crippen LogP contribution in [0.25, 0.3) is 100 Å². The van der Waals surface area contributed by atoms with Crippen molar-refractivity contribution in [3.05, 3.63) is 206 Å². The van der Waals surface area contributed by atoms with Crippen molar-refractivity contribution in [2.45, 2.75) is 0 Å². The Hall–Kier alpha value is -8.81. The van der Waals surface area contributed by atoms with Gasteiger partial charge in [0.2, 0.25) is 0 Å². The van der Waals surface area contributed by atoms with Gasteiger partial charge in [-0.1, -0.05) is 121 Å². The zero-order valence-corrected chi connectivity index (χ0v) is 34.1. The van der Waals surface area contributed by atoms with E-state index >= 15 is 0 Å². The first-order valence-electron chi connectivity index (χ1n) is 21.2. The van der Waals surface area contributed by atoms with Crippen LogP contribution < -0.4 is 9.64 Å². The Balaban J connectivity index is 0.928. The first kappa shape index (κ1) is 35.9. The lowest BCUT2D eigenvalue weighted by atomic mass is 9.99. The van der Waals surface area contributed by atoms with Crippen LogP contribution in [0.1, 0.15) is 0 Å². The Labute approximate surface area is 367 Å². The summed E-state index contributed by atoms with van der Waals surface area (Å²) in [6.07, 6.45) is 0. The third-order valence-electron chi connectivity index (χ3n) is 12.1. The first-order valence-corrected chi connectivity index (χ1v) is 21.2. The Morgan fingerprint density at radius 2 is 0.672 bits per heavy atom. The molecule has 9 aromatic carbocycles. The molecule has 4 heterocycles. The highest BCUT2D eigenvalue weighted by atomic mass is 16.5. The second-order valence-corrected chi connectivity index (χ2v) is 16.0. The molecule has 3 aromatic heterocycles. The molecular formula is C57H34N4O3. The Bertz CT molecular complexity index is 3540. The average Bonchev–Trinajstić information content (AvgIpc) is 3.93. The Morgan fingerprint density at radius 1 is 0.297 bits per heavy atom. The fourth-order valence-electron chi connectivity index (χ4n) is 8.96. The number of furan rings is 2. The van der Waals surface area contributed by atoms with Crippen LogP contribution in [0, 0.1) is 0 Å². The van der Waals surface area contributed by atoms with Crippen molar-refractivity contribution in [1.82, 2.24) is 15.0 Å². The normalized spacial score (nSPS) is 12.2. The zero-order chi connectivity index (χ0) is 42.1. The van der Waals surface area contributed by atoms with E-state index in [1.165, 1.54) is 0 Å². The van der Waals surface area contributed by atoms with Crippen molar-refractivity contribution >= 4 is 60.9 Å². The minimum Gasteiger partial charge on any atom is -0.456 e. The second kappa shape index (κ2) is 14.4. The Morgan fingerprint density at radius 3 is 1.16 bits per heavy atom. The second-order valence-electron chi connectivity index (χ2n) is 16.0. The van der Waals surface area contributed by atoms with E-state index in [1.807, 2.05) is 97.1 Å². The smallest absolute Gasteiger partial charge is 0.164 e. The fraction of sp³-hybridized carbons (Fsp3) is 0. The minimum absolute atomic E-state index is 0.598. The van der Waals surface area contributed by atoms with Crippen LogP contribution >= 0.6 is 0 Å². The highest BCUT2D eigenvalue weighted by Gasteiger charge is 2.28. The molecule has 0 radical (unpaired) electrons. The van der Waals surface area contributed by atoms with Crippen LogP contribution in [0.2, 0.25) is 0 Å². The molecule has 7 nitrogen and oxygen atoms in total. The number of aromatic nitrogens is 3. The van der Waals surface area contributed by atoms with E-state index in [0.29, 0.717) is 17.5 Å². The molecule has 0 spiro atoms. The topological polar surface area (TPSA) is 77.4 Å². The molecule has 0 saturated carbocycles. The van der Waals surface area contributed by atoms with Gasteiger partial charge in [-0.2, -0.15) is 0 Å². The molecule has 0 N–H and O–H groups in total. The highest BCUT2D eigenvalue weighted by molar-refractivity contribution is 6.07. The van der Waals surface area contributed by atoms with E-state index in [9.17, 15) is 0 Å². The number of fused-ring (bicyclic) bond motifs is 8. The molecule has 0 fully saturated rings. The number of rotatable bonds is 6. The molecule has 300 valence electrons. The monoisotopic (exact) mass is 822 g/mol.